The molecule has 0 radical (unpaired) electrons. The van der Waals surface area contributed by atoms with Gasteiger partial charge in [0, 0.05) is 50.0 Å². The Morgan fingerprint density at radius 3 is 2.68 bits per heavy atom. The number of anilines is 1. The van der Waals surface area contributed by atoms with Gasteiger partial charge in [0.1, 0.15) is 17.1 Å². The number of fused-ring (bicyclic) bond motifs is 2. The molecule has 0 atom stereocenters. The highest BCUT2D eigenvalue weighted by Crippen LogP contribution is 2.37. The number of nitrogens with one attached hydrogen (secondary N) is 1. The fourth-order valence-electron chi connectivity index (χ4n) is 4.59. The summed E-state index contributed by atoms with van der Waals surface area (Å²) in [5, 5.41) is 0. The maximum Gasteiger partial charge on any atom is 0.231 e. The van der Waals surface area contributed by atoms with Gasteiger partial charge in [-0.1, -0.05) is 12.1 Å². The van der Waals surface area contributed by atoms with Crippen LogP contribution in [0, 0.1) is 0 Å². The predicted molar refractivity (Wildman–Crippen MR) is 134 cm³/mol. The molecular weight excluding hydrogens is 498 g/mol. The molecule has 0 spiro atoms. The lowest BCUT2D eigenvalue weighted by molar-refractivity contribution is 0.171. The molecule has 0 aliphatic carbocycles. The summed E-state index contributed by atoms with van der Waals surface area (Å²) in [7, 11) is 1.66. The van der Waals surface area contributed by atoms with Gasteiger partial charge in [-0.3, -0.25) is 4.90 Å². The number of benzene rings is 2. The Balaban J connectivity index is 1.22. The minimum absolute atomic E-state index is 0.300. The van der Waals surface area contributed by atoms with Crippen LogP contribution >= 0.6 is 15.9 Å². The van der Waals surface area contributed by atoms with E-state index in [0.29, 0.717) is 6.79 Å². The Kier molecular flexibility index (Phi) is 5.50. The van der Waals surface area contributed by atoms with E-state index in [4.69, 9.17) is 19.2 Å². The molecular formula is C25H24BrN5O3. The van der Waals surface area contributed by atoms with E-state index in [0.717, 1.165) is 82.7 Å². The van der Waals surface area contributed by atoms with Crippen LogP contribution < -0.4 is 19.1 Å². The van der Waals surface area contributed by atoms with E-state index in [1.165, 1.54) is 5.56 Å². The van der Waals surface area contributed by atoms with Gasteiger partial charge in [0.2, 0.25) is 6.79 Å². The molecule has 2 aliphatic heterocycles. The van der Waals surface area contributed by atoms with Crippen molar-refractivity contribution >= 4 is 32.8 Å². The van der Waals surface area contributed by atoms with Crippen molar-refractivity contribution < 1.29 is 14.2 Å². The van der Waals surface area contributed by atoms with Gasteiger partial charge in [-0.05, 0) is 46.3 Å². The van der Waals surface area contributed by atoms with E-state index >= 15 is 0 Å². The molecule has 1 fully saturated rings. The number of aromatic amines is 1. The lowest BCUT2D eigenvalue weighted by atomic mass is 10.1. The molecule has 174 valence electrons. The van der Waals surface area contributed by atoms with Crippen LogP contribution in [0.3, 0.4) is 0 Å². The third-order valence-corrected chi connectivity index (χ3v) is 6.95. The molecule has 0 amide bonds. The maximum absolute atomic E-state index is 5.69. The predicted octanol–water partition coefficient (Wildman–Crippen LogP) is 4.45. The number of methoxy groups -OCH3 is 1. The largest absolute Gasteiger partial charge is 0.497 e. The number of halogens is 1. The fourth-order valence-corrected chi connectivity index (χ4v) is 5.13. The third kappa shape index (κ3) is 3.84. The summed E-state index contributed by atoms with van der Waals surface area (Å²) >= 11 is 3.72. The second-order valence-corrected chi connectivity index (χ2v) is 9.23. The summed E-state index contributed by atoms with van der Waals surface area (Å²) < 4.78 is 17.4. The summed E-state index contributed by atoms with van der Waals surface area (Å²) in [5.41, 5.74) is 4.90. The summed E-state index contributed by atoms with van der Waals surface area (Å²) in [6.07, 6.45) is 1.85. The van der Waals surface area contributed by atoms with Crippen LogP contribution in [0.1, 0.15) is 5.56 Å². The van der Waals surface area contributed by atoms with E-state index in [9.17, 15) is 0 Å². The Labute approximate surface area is 205 Å². The van der Waals surface area contributed by atoms with E-state index in [1.54, 1.807) is 7.11 Å². The maximum atomic E-state index is 5.69. The zero-order chi connectivity index (χ0) is 23.1. The first-order valence-electron chi connectivity index (χ1n) is 11.2. The average Bonchev–Trinajstić information content (AvgIpc) is 3.53. The highest BCUT2D eigenvalue weighted by molar-refractivity contribution is 9.10. The van der Waals surface area contributed by atoms with Gasteiger partial charge in [0.05, 0.1) is 17.3 Å². The number of aromatic nitrogens is 3. The van der Waals surface area contributed by atoms with Crippen molar-refractivity contribution in [3.05, 3.63) is 58.7 Å². The number of para-hydroxylation sites is 1. The number of H-pyrrole nitrogens is 1. The number of imidazole rings is 1. The normalized spacial score (nSPS) is 15.8. The molecule has 0 saturated carbocycles. The molecule has 4 heterocycles. The van der Waals surface area contributed by atoms with Gasteiger partial charge in [-0.25, -0.2) is 9.97 Å². The van der Waals surface area contributed by atoms with Crippen LogP contribution in [0.25, 0.3) is 22.6 Å². The summed E-state index contributed by atoms with van der Waals surface area (Å²) in [6.45, 7) is 4.82. The molecule has 6 rings (SSSR count). The zero-order valence-electron chi connectivity index (χ0n) is 18.8. The molecule has 1 N–H and O–H groups in total. The number of hydrogen-bond donors (Lipinski definition) is 1. The molecule has 4 aromatic rings. The smallest absolute Gasteiger partial charge is 0.231 e. The number of hydrogen-bond acceptors (Lipinski definition) is 7. The second-order valence-electron chi connectivity index (χ2n) is 8.38. The van der Waals surface area contributed by atoms with E-state index in [-0.39, 0.29) is 0 Å². The first-order valence-corrected chi connectivity index (χ1v) is 12.0. The molecule has 2 aromatic heterocycles. The minimum Gasteiger partial charge on any atom is -0.497 e. The van der Waals surface area contributed by atoms with Gasteiger partial charge >= 0.3 is 0 Å². The van der Waals surface area contributed by atoms with E-state index in [1.807, 2.05) is 42.6 Å². The summed E-state index contributed by atoms with van der Waals surface area (Å²) in [5.74, 6) is 3.33. The van der Waals surface area contributed by atoms with Crippen molar-refractivity contribution in [2.45, 2.75) is 6.54 Å². The third-order valence-electron chi connectivity index (χ3n) is 6.37. The van der Waals surface area contributed by atoms with Crippen LogP contribution in [-0.4, -0.2) is 59.9 Å². The summed E-state index contributed by atoms with van der Waals surface area (Å²) in [6, 6.07) is 14.0. The number of nitrogens with zero attached hydrogens (tertiary/aromatic N) is 4. The highest BCUT2D eigenvalue weighted by Gasteiger charge is 2.25. The zero-order valence-corrected chi connectivity index (χ0v) is 20.3. The van der Waals surface area contributed by atoms with Crippen molar-refractivity contribution in [2.24, 2.45) is 0 Å². The van der Waals surface area contributed by atoms with Gasteiger partial charge in [-0.2, -0.15) is 0 Å². The Morgan fingerprint density at radius 2 is 1.88 bits per heavy atom. The van der Waals surface area contributed by atoms with E-state index < -0.39 is 0 Å². The van der Waals surface area contributed by atoms with Gasteiger partial charge in [-0.15, -0.1) is 0 Å². The first kappa shape index (κ1) is 21.2. The topological polar surface area (TPSA) is 75.7 Å². The SMILES string of the molecule is COc1ccc(-c2nc3c(N4CCN(Cc5cccc6c5OCO6)CC4)c(Br)cnc3[nH]2)cc1. The van der Waals surface area contributed by atoms with Crippen molar-refractivity contribution in [1.29, 1.82) is 0 Å². The average molecular weight is 522 g/mol. The van der Waals surface area contributed by atoms with Crippen molar-refractivity contribution in [1.82, 2.24) is 19.9 Å². The van der Waals surface area contributed by atoms with Gasteiger partial charge in [0.15, 0.2) is 17.1 Å². The minimum atomic E-state index is 0.300. The van der Waals surface area contributed by atoms with Gasteiger partial charge in [0.25, 0.3) is 0 Å². The lowest BCUT2D eigenvalue weighted by Crippen LogP contribution is -2.46. The number of pyridine rings is 1. The van der Waals surface area contributed by atoms with Crippen LogP contribution in [0.4, 0.5) is 5.69 Å². The van der Waals surface area contributed by atoms with Crippen LogP contribution in [0.5, 0.6) is 17.2 Å². The van der Waals surface area contributed by atoms with Crippen molar-refractivity contribution in [2.75, 3.05) is 45.0 Å². The molecule has 0 bridgehead atoms. The van der Waals surface area contributed by atoms with Crippen molar-refractivity contribution in [3.8, 4) is 28.6 Å². The fraction of sp³-hybridized carbons (Fsp3) is 0.280. The van der Waals surface area contributed by atoms with Crippen LogP contribution in [-0.2, 0) is 6.54 Å². The molecule has 1 saturated heterocycles. The molecule has 0 unspecified atom stereocenters. The van der Waals surface area contributed by atoms with Crippen molar-refractivity contribution in [3.63, 3.8) is 0 Å². The molecule has 34 heavy (non-hydrogen) atoms. The summed E-state index contributed by atoms with van der Waals surface area (Å²) in [4.78, 5) is 17.7. The van der Waals surface area contributed by atoms with Crippen LogP contribution in [0.2, 0.25) is 0 Å². The number of piperazine rings is 1. The quantitative estimate of drug-likeness (QED) is 0.415. The van der Waals surface area contributed by atoms with Gasteiger partial charge < -0.3 is 24.1 Å². The standard InChI is InChI=1S/C25H24BrN5O3/c1-32-18-7-5-16(6-8-18)24-28-21-22(19(26)13-27-25(21)29-24)31-11-9-30(10-12-31)14-17-3-2-4-20-23(17)34-15-33-20/h2-8,13H,9-12,14-15H2,1H3,(H,27,28,29). The molecule has 2 aromatic carbocycles. The lowest BCUT2D eigenvalue weighted by Gasteiger charge is -2.36. The Hall–Kier alpha value is -3.30. The number of ether oxygens (including phenoxy) is 3. The Bertz CT molecular complexity index is 1330. The van der Waals surface area contributed by atoms with E-state index in [2.05, 4.69) is 41.8 Å². The second kappa shape index (κ2) is 8.81. The number of rotatable bonds is 5. The Morgan fingerprint density at radius 1 is 1.06 bits per heavy atom. The monoisotopic (exact) mass is 521 g/mol. The first-order chi connectivity index (χ1) is 16.7. The highest BCUT2D eigenvalue weighted by atomic mass is 79.9. The molecule has 9 heteroatoms. The molecule has 2 aliphatic rings. The van der Waals surface area contributed by atoms with Crippen LogP contribution in [0.15, 0.2) is 53.1 Å². The molecule has 8 nitrogen and oxygen atoms in total.